The van der Waals surface area contributed by atoms with Gasteiger partial charge in [0.2, 0.25) is 0 Å². The smallest absolute Gasteiger partial charge is 0.338 e. The fourth-order valence-corrected chi connectivity index (χ4v) is 2.17. The Bertz CT molecular complexity index is 591. The molecule has 2 N–H and O–H groups in total. The number of hydrogen-bond acceptors (Lipinski definition) is 3. The summed E-state index contributed by atoms with van der Waals surface area (Å²) < 4.78 is 6.20. The van der Waals surface area contributed by atoms with Gasteiger partial charge in [-0.1, -0.05) is 34.1 Å². The topological polar surface area (TPSA) is 52.3 Å². The van der Waals surface area contributed by atoms with Gasteiger partial charge in [0.15, 0.2) is 0 Å². The van der Waals surface area contributed by atoms with Crippen molar-refractivity contribution in [3.05, 3.63) is 63.6 Å². The molecule has 4 heteroatoms. The number of rotatable bonds is 3. The van der Waals surface area contributed by atoms with Crippen LogP contribution in [0.25, 0.3) is 0 Å². The van der Waals surface area contributed by atoms with Crippen LogP contribution in [0, 0.1) is 6.92 Å². The summed E-state index contributed by atoms with van der Waals surface area (Å²) in [7, 11) is 0. The average Bonchev–Trinajstić information content (AvgIpc) is 2.36. The zero-order valence-corrected chi connectivity index (χ0v) is 12.1. The van der Waals surface area contributed by atoms with Crippen LogP contribution in [0.4, 0.5) is 5.69 Å². The third-order valence-electron chi connectivity index (χ3n) is 2.65. The Hall–Kier alpha value is -1.81. The highest BCUT2D eigenvalue weighted by Crippen LogP contribution is 2.18. The highest BCUT2D eigenvalue weighted by Gasteiger charge is 2.09. The van der Waals surface area contributed by atoms with Gasteiger partial charge in [-0.05, 0) is 36.8 Å². The summed E-state index contributed by atoms with van der Waals surface area (Å²) >= 11 is 3.41. The first-order valence-electron chi connectivity index (χ1n) is 5.84. The molecule has 0 unspecified atom stereocenters. The van der Waals surface area contributed by atoms with Crippen LogP contribution in [0.3, 0.4) is 0 Å². The van der Waals surface area contributed by atoms with E-state index in [0.717, 1.165) is 15.6 Å². The Balaban J connectivity index is 2.08. The van der Waals surface area contributed by atoms with Crippen molar-refractivity contribution in [3.63, 3.8) is 0 Å². The van der Waals surface area contributed by atoms with Gasteiger partial charge in [0.1, 0.15) is 6.61 Å². The maximum Gasteiger partial charge on any atom is 0.338 e. The largest absolute Gasteiger partial charge is 0.457 e. The van der Waals surface area contributed by atoms with Crippen LogP contribution in [-0.2, 0) is 11.3 Å². The Morgan fingerprint density at radius 1 is 1.26 bits per heavy atom. The zero-order chi connectivity index (χ0) is 13.8. The molecule has 0 amide bonds. The summed E-state index contributed by atoms with van der Waals surface area (Å²) in [6.45, 7) is 2.12. The van der Waals surface area contributed by atoms with Gasteiger partial charge in [0, 0.05) is 15.7 Å². The van der Waals surface area contributed by atoms with Crippen LogP contribution in [-0.4, -0.2) is 5.97 Å². The predicted molar refractivity (Wildman–Crippen MR) is 78.9 cm³/mol. The Labute approximate surface area is 120 Å². The van der Waals surface area contributed by atoms with E-state index >= 15 is 0 Å². The zero-order valence-electron chi connectivity index (χ0n) is 10.5. The van der Waals surface area contributed by atoms with Crippen molar-refractivity contribution < 1.29 is 9.53 Å². The first-order valence-corrected chi connectivity index (χ1v) is 6.63. The molecular weight excluding hydrogens is 306 g/mol. The van der Waals surface area contributed by atoms with E-state index in [2.05, 4.69) is 15.9 Å². The van der Waals surface area contributed by atoms with Crippen molar-refractivity contribution in [2.24, 2.45) is 0 Å². The van der Waals surface area contributed by atoms with Crippen molar-refractivity contribution >= 4 is 27.6 Å². The lowest BCUT2D eigenvalue weighted by molar-refractivity contribution is 0.0472. The van der Waals surface area contributed by atoms with E-state index in [4.69, 9.17) is 10.5 Å². The third kappa shape index (κ3) is 3.58. The molecule has 0 saturated carbocycles. The molecular formula is C15H14BrNO2. The van der Waals surface area contributed by atoms with Crippen molar-refractivity contribution in [3.8, 4) is 0 Å². The van der Waals surface area contributed by atoms with Gasteiger partial charge >= 0.3 is 5.97 Å². The van der Waals surface area contributed by atoms with E-state index in [-0.39, 0.29) is 12.6 Å². The van der Waals surface area contributed by atoms with E-state index in [1.54, 1.807) is 12.1 Å². The van der Waals surface area contributed by atoms with Crippen LogP contribution in [0.1, 0.15) is 21.5 Å². The van der Waals surface area contributed by atoms with E-state index in [9.17, 15) is 4.79 Å². The van der Waals surface area contributed by atoms with Crippen LogP contribution < -0.4 is 5.73 Å². The van der Waals surface area contributed by atoms with Gasteiger partial charge in [-0.15, -0.1) is 0 Å². The number of esters is 1. The minimum absolute atomic E-state index is 0.230. The highest BCUT2D eigenvalue weighted by molar-refractivity contribution is 9.10. The van der Waals surface area contributed by atoms with E-state index in [1.165, 1.54) is 0 Å². The van der Waals surface area contributed by atoms with Gasteiger partial charge in [0.25, 0.3) is 0 Å². The summed E-state index contributed by atoms with van der Waals surface area (Å²) in [6, 6.07) is 12.8. The van der Waals surface area contributed by atoms with Crippen LogP contribution in [0.2, 0.25) is 0 Å². The SMILES string of the molecule is Cc1cc(N)cc(C(=O)OCc2ccccc2Br)c1. The molecule has 0 aliphatic heterocycles. The highest BCUT2D eigenvalue weighted by atomic mass is 79.9. The molecule has 0 radical (unpaired) electrons. The molecule has 0 saturated heterocycles. The second-order valence-corrected chi connectivity index (χ2v) is 5.15. The number of hydrogen-bond donors (Lipinski definition) is 1. The monoisotopic (exact) mass is 319 g/mol. The van der Waals surface area contributed by atoms with E-state index in [1.807, 2.05) is 37.3 Å². The summed E-state index contributed by atoms with van der Waals surface area (Å²) in [6.07, 6.45) is 0. The molecule has 0 heterocycles. The number of benzene rings is 2. The fraction of sp³-hybridized carbons (Fsp3) is 0.133. The van der Waals surface area contributed by atoms with Gasteiger partial charge in [0.05, 0.1) is 5.56 Å². The molecule has 0 aromatic heterocycles. The van der Waals surface area contributed by atoms with Gasteiger partial charge in [-0.25, -0.2) is 4.79 Å². The maximum atomic E-state index is 11.9. The van der Waals surface area contributed by atoms with Crippen molar-refractivity contribution in [1.82, 2.24) is 0 Å². The first kappa shape index (κ1) is 13.6. The summed E-state index contributed by atoms with van der Waals surface area (Å²) in [5, 5.41) is 0. The first-order chi connectivity index (χ1) is 9.06. The predicted octanol–water partition coefficient (Wildman–Crippen LogP) is 3.70. The second kappa shape index (κ2) is 5.89. The van der Waals surface area contributed by atoms with Crippen molar-refractivity contribution in [1.29, 1.82) is 0 Å². The van der Waals surface area contributed by atoms with Crippen LogP contribution >= 0.6 is 15.9 Å². The van der Waals surface area contributed by atoms with Crippen molar-refractivity contribution in [2.45, 2.75) is 13.5 Å². The second-order valence-electron chi connectivity index (χ2n) is 4.30. The molecule has 19 heavy (non-hydrogen) atoms. The molecule has 0 aliphatic rings. The molecule has 0 spiro atoms. The molecule has 0 fully saturated rings. The number of carbonyl (C=O) groups excluding carboxylic acids is 1. The summed E-state index contributed by atoms with van der Waals surface area (Å²) in [4.78, 5) is 11.9. The maximum absolute atomic E-state index is 11.9. The molecule has 0 aliphatic carbocycles. The van der Waals surface area contributed by atoms with Gasteiger partial charge in [-0.3, -0.25) is 0 Å². The standard InChI is InChI=1S/C15H14BrNO2/c1-10-6-12(8-13(17)7-10)15(18)19-9-11-4-2-3-5-14(11)16/h2-8H,9,17H2,1H3. The fourth-order valence-electron chi connectivity index (χ4n) is 1.77. The van der Waals surface area contributed by atoms with E-state index in [0.29, 0.717) is 11.3 Å². The molecule has 2 aromatic rings. The minimum atomic E-state index is -0.369. The number of anilines is 1. The number of halogens is 1. The van der Waals surface area contributed by atoms with Gasteiger partial charge in [-0.2, -0.15) is 0 Å². The lowest BCUT2D eigenvalue weighted by atomic mass is 10.1. The number of aryl methyl sites for hydroxylation is 1. The Morgan fingerprint density at radius 2 is 2.00 bits per heavy atom. The molecule has 0 bridgehead atoms. The number of carbonyl (C=O) groups is 1. The average molecular weight is 320 g/mol. The quantitative estimate of drug-likeness (QED) is 0.693. The number of nitrogen functional groups attached to an aromatic ring is 1. The number of ether oxygens (including phenoxy) is 1. The molecule has 2 aromatic carbocycles. The van der Waals surface area contributed by atoms with Crippen molar-refractivity contribution in [2.75, 3.05) is 5.73 Å². The summed E-state index contributed by atoms with van der Waals surface area (Å²) in [5.41, 5.74) is 8.62. The Morgan fingerprint density at radius 3 is 2.68 bits per heavy atom. The normalized spacial score (nSPS) is 10.2. The minimum Gasteiger partial charge on any atom is -0.457 e. The third-order valence-corrected chi connectivity index (χ3v) is 3.43. The van der Waals surface area contributed by atoms with Crippen LogP contribution in [0.5, 0.6) is 0 Å². The van der Waals surface area contributed by atoms with Crippen LogP contribution in [0.15, 0.2) is 46.9 Å². The molecule has 0 atom stereocenters. The molecule has 98 valence electrons. The van der Waals surface area contributed by atoms with E-state index < -0.39 is 0 Å². The molecule has 2 rings (SSSR count). The summed E-state index contributed by atoms with van der Waals surface area (Å²) in [5.74, 6) is -0.369. The molecule has 3 nitrogen and oxygen atoms in total. The van der Waals surface area contributed by atoms with Gasteiger partial charge < -0.3 is 10.5 Å². The lowest BCUT2D eigenvalue weighted by Crippen LogP contribution is -2.06. The number of nitrogens with two attached hydrogens (primary N) is 1. The Kier molecular flexibility index (Phi) is 4.22. The lowest BCUT2D eigenvalue weighted by Gasteiger charge is -2.08.